The third-order valence-electron chi connectivity index (χ3n) is 7.22. The molecule has 0 saturated heterocycles. The van der Waals surface area contributed by atoms with Crippen molar-refractivity contribution in [2.75, 3.05) is 6.54 Å². The number of hydrogen-bond donors (Lipinski definition) is 0. The molecular formula is C28H32F3N5O. The first-order valence-corrected chi connectivity index (χ1v) is 12.2. The van der Waals surface area contributed by atoms with Gasteiger partial charge in [-0.15, -0.1) is 0 Å². The maximum absolute atomic E-state index is 13.5. The molecule has 6 nitrogen and oxygen atoms in total. The molecule has 0 radical (unpaired) electrons. The topological polar surface area (TPSA) is 63.4 Å². The van der Waals surface area contributed by atoms with E-state index in [9.17, 15) is 18.0 Å². The van der Waals surface area contributed by atoms with Gasteiger partial charge in [-0.3, -0.25) is 14.8 Å². The number of rotatable bonds is 3. The van der Waals surface area contributed by atoms with E-state index >= 15 is 0 Å². The maximum atomic E-state index is 13.5. The minimum atomic E-state index is -4.43. The Morgan fingerprint density at radius 3 is 2.54 bits per heavy atom. The zero-order chi connectivity index (χ0) is 27.3. The molecule has 0 N–H and O–H groups in total. The third-order valence-corrected chi connectivity index (χ3v) is 7.22. The fourth-order valence-electron chi connectivity index (χ4n) is 5.16. The Labute approximate surface area is 214 Å². The van der Waals surface area contributed by atoms with Gasteiger partial charge in [-0.05, 0) is 69.9 Å². The van der Waals surface area contributed by atoms with Gasteiger partial charge in [0, 0.05) is 25.9 Å². The smallest absolute Gasteiger partial charge is 0.334 e. The van der Waals surface area contributed by atoms with Crippen LogP contribution < -0.4 is 5.49 Å². The fourth-order valence-corrected chi connectivity index (χ4v) is 5.16. The number of carbonyl (C=O) groups is 1. The highest BCUT2D eigenvalue weighted by Gasteiger charge is 2.33. The number of halogens is 3. The summed E-state index contributed by atoms with van der Waals surface area (Å²) in [6.07, 6.45) is 0.0873. The van der Waals surface area contributed by atoms with Crippen molar-refractivity contribution >= 4 is 22.4 Å². The summed E-state index contributed by atoms with van der Waals surface area (Å²) in [6, 6.07) is 5.59. The van der Waals surface area contributed by atoms with Crippen LogP contribution >= 0.6 is 0 Å². The summed E-state index contributed by atoms with van der Waals surface area (Å²) < 4.78 is 42.4. The summed E-state index contributed by atoms with van der Waals surface area (Å²) in [4.78, 5) is 28.1. The molecule has 1 aliphatic heterocycles. The second-order valence-corrected chi connectivity index (χ2v) is 10.2. The number of amides is 1. The number of aromatic nitrogens is 3. The molecule has 0 unspecified atom stereocenters. The quantitative estimate of drug-likeness (QED) is 0.455. The molecule has 3 aromatic rings. The lowest BCUT2D eigenvalue weighted by molar-refractivity contribution is -0.138. The van der Waals surface area contributed by atoms with Gasteiger partial charge in [0.15, 0.2) is 5.49 Å². The van der Waals surface area contributed by atoms with E-state index in [0.717, 1.165) is 28.2 Å². The molecule has 4 rings (SSSR count). The van der Waals surface area contributed by atoms with Gasteiger partial charge in [-0.2, -0.15) is 13.2 Å². The van der Waals surface area contributed by atoms with Gasteiger partial charge in [-0.25, -0.2) is 4.98 Å². The van der Waals surface area contributed by atoms with Crippen molar-refractivity contribution in [1.29, 1.82) is 0 Å². The lowest BCUT2D eigenvalue weighted by atomic mass is 9.90. The number of carbonyl (C=O) groups excluding carboxylic acids is 1. The highest BCUT2D eigenvalue weighted by molar-refractivity contribution is 5.82. The molecule has 1 aromatic carbocycles. The minimum absolute atomic E-state index is 0.0263. The van der Waals surface area contributed by atoms with Crippen molar-refractivity contribution in [3.05, 3.63) is 70.2 Å². The SMILES string of the molecule is CC(=O)N1CCC(c2cc3c(=N[C@H](C)c4cccc(C(F)(F)F)c4C)nc(C)n(C)c3cn2)=CC1(C)C. The van der Waals surface area contributed by atoms with Crippen LogP contribution in [-0.4, -0.2) is 37.4 Å². The van der Waals surface area contributed by atoms with E-state index in [4.69, 9.17) is 15.0 Å². The summed E-state index contributed by atoms with van der Waals surface area (Å²) in [7, 11) is 1.89. The van der Waals surface area contributed by atoms with Crippen LogP contribution in [-0.2, 0) is 18.0 Å². The summed E-state index contributed by atoms with van der Waals surface area (Å²) in [5.74, 6) is 0.738. The van der Waals surface area contributed by atoms with E-state index in [0.29, 0.717) is 29.8 Å². The van der Waals surface area contributed by atoms with Gasteiger partial charge < -0.3 is 9.47 Å². The number of pyridine rings is 1. The molecule has 0 fully saturated rings. The molecule has 1 aliphatic rings. The average molecular weight is 512 g/mol. The first-order chi connectivity index (χ1) is 17.2. The van der Waals surface area contributed by atoms with Crippen LogP contribution in [0.2, 0.25) is 0 Å². The van der Waals surface area contributed by atoms with Crippen molar-refractivity contribution in [3.63, 3.8) is 0 Å². The van der Waals surface area contributed by atoms with Gasteiger partial charge >= 0.3 is 6.18 Å². The molecule has 0 spiro atoms. The van der Waals surface area contributed by atoms with Crippen molar-refractivity contribution in [2.45, 2.75) is 65.7 Å². The third kappa shape index (κ3) is 5.04. The fraction of sp³-hybridized carbons (Fsp3) is 0.429. The Hall–Kier alpha value is -3.49. The zero-order valence-corrected chi connectivity index (χ0v) is 22.2. The van der Waals surface area contributed by atoms with Crippen molar-refractivity contribution in [2.24, 2.45) is 12.0 Å². The molecule has 2 aromatic heterocycles. The monoisotopic (exact) mass is 511 g/mol. The second kappa shape index (κ2) is 9.43. The van der Waals surface area contributed by atoms with Crippen LogP contribution in [0.5, 0.6) is 0 Å². The average Bonchev–Trinajstić information content (AvgIpc) is 2.80. The highest BCUT2D eigenvalue weighted by Crippen LogP contribution is 2.35. The maximum Gasteiger partial charge on any atom is 0.416 e. The molecule has 0 aliphatic carbocycles. The number of hydrogen-bond acceptors (Lipinski definition) is 4. The van der Waals surface area contributed by atoms with E-state index in [1.54, 1.807) is 26.1 Å². The summed E-state index contributed by atoms with van der Waals surface area (Å²) in [5, 5.41) is 0.766. The Morgan fingerprint density at radius 1 is 1.22 bits per heavy atom. The van der Waals surface area contributed by atoms with E-state index in [-0.39, 0.29) is 11.5 Å². The largest absolute Gasteiger partial charge is 0.416 e. The van der Waals surface area contributed by atoms with E-state index in [1.165, 1.54) is 13.0 Å². The molecule has 0 saturated carbocycles. The van der Waals surface area contributed by atoms with E-state index in [2.05, 4.69) is 6.08 Å². The van der Waals surface area contributed by atoms with Crippen LogP contribution in [0.25, 0.3) is 16.5 Å². The van der Waals surface area contributed by atoms with Crippen molar-refractivity contribution < 1.29 is 18.0 Å². The molecule has 0 bridgehead atoms. The van der Waals surface area contributed by atoms with Crippen molar-refractivity contribution in [3.8, 4) is 0 Å². The van der Waals surface area contributed by atoms with Gasteiger partial charge in [0.25, 0.3) is 0 Å². The second-order valence-electron chi connectivity index (χ2n) is 10.2. The Bertz CT molecular complexity index is 1480. The van der Waals surface area contributed by atoms with Crippen LogP contribution in [0.15, 0.2) is 41.5 Å². The van der Waals surface area contributed by atoms with Gasteiger partial charge in [0.2, 0.25) is 5.91 Å². The lowest BCUT2D eigenvalue weighted by Crippen LogP contribution is -2.48. The number of nitrogens with zero attached hydrogens (tertiary/aromatic N) is 5. The molecule has 1 atom stereocenters. The van der Waals surface area contributed by atoms with Crippen LogP contribution in [0, 0.1) is 13.8 Å². The van der Waals surface area contributed by atoms with Crippen LogP contribution in [0.3, 0.4) is 0 Å². The predicted molar refractivity (Wildman–Crippen MR) is 137 cm³/mol. The summed E-state index contributed by atoms with van der Waals surface area (Å²) in [6.45, 7) is 11.3. The first-order valence-electron chi connectivity index (χ1n) is 12.2. The number of aryl methyl sites for hydroxylation is 2. The molecule has 37 heavy (non-hydrogen) atoms. The first kappa shape index (κ1) is 26.6. The number of alkyl halides is 3. The van der Waals surface area contributed by atoms with Crippen LogP contribution in [0.1, 0.15) is 68.4 Å². The van der Waals surface area contributed by atoms with Crippen molar-refractivity contribution in [1.82, 2.24) is 19.4 Å². The summed E-state index contributed by atoms with van der Waals surface area (Å²) >= 11 is 0. The number of benzene rings is 1. The predicted octanol–water partition coefficient (Wildman–Crippen LogP) is 5.68. The molecule has 3 heterocycles. The highest BCUT2D eigenvalue weighted by atomic mass is 19.4. The number of fused-ring (bicyclic) bond motifs is 1. The minimum Gasteiger partial charge on any atom is -0.334 e. The standard InChI is InChI=1S/C28H32F3N5O/c1-16-21(9-8-10-23(16)28(29,30)31)17(2)33-26-22-13-24(32-15-25(22)35(7)18(3)34-26)20-11-12-36(19(4)37)27(5,6)14-20/h8-10,13-15,17H,11-12H2,1-7H3/t17-/m1/s1. The Balaban J connectivity index is 1.86. The van der Waals surface area contributed by atoms with Gasteiger partial charge in [-0.1, -0.05) is 18.2 Å². The summed E-state index contributed by atoms with van der Waals surface area (Å²) in [5.41, 5.74) is 2.65. The van der Waals surface area contributed by atoms with Gasteiger partial charge in [0.1, 0.15) is 5.82 Å². The molecular weight excluding hydrogens is 479 g/mol. The molecule has 9 heteroatoms. The van der Waals surface area contributed by atoms with Gasteiger partial charge in [0.05, 0.1) is 34.6 Å². The molecule has 196 valence electrons. The zero-order valence-electron chi connectivity index (χ0n) is 22.2. The Kier molecular flexibility index (Phi) is 6.77. The van der Waals surface area contributed by atoms with E-state index < -0.39 is 23.3 Å². The normalized spacial score (nSPS) is 17.2. The Morgan fingerprint density at radius 2 is 1.92 bits per heavy atom. The van der Waals surface area contributed by atoms with Crippen LogP contribution in [0.4, 0.5) is 13.2 Å². The van der Waals surface area contributed by atoms with E-state index in [1.807, 2.05) is 43.4 Å². The molecule has 1 amide bonds. The lowest BCUT2D eigenvalue weighted by Gasteiger charge is -2.40.